The molecule has 64 valence electrons. The van der Waals surface area contributed by atoms with E-state index in [9.17, 15) is 0 Å². The van der Waals surface area contributed by atoms with Gasteiger partial charge in [0.15, 0.2) is 0 Å². The van der Waals surface area contributed by atoms with Crippen LogP contribution in [0.2, 0.25) is 0 Å². The molecular weight excluding hydrogens is 214 g/mol. The van der Waals surface area contributed by atoms with E-state index in [2.05, 4.69) is 35.0 Å². The molecular formula is C10H12BrN. The fraction of sp³-hybridized carbons (Fsp3) is 0.400. The van der Waals surface area contributed by atoms with Crippen molar-refractivity contribution in [1.29, 1.82) is 0 Å². The summed E-state index contributed by atoms with van der Waals surface area (Å²) in [6, 6.07) is 4.67. The summed E-state index contributed by atoms with van der Waals surface area (Å²) in [7, 11) is 0. The van der Waals surface area contributed by atoms with E-state index in [1.165, 1.54) is 21.2 Å². The van der Waals surface area contributed by atoms with Crippen LogP contribution in [-0.4, -0.2) is 0 Å². The zero-order valence-corrected chi connectivity index (χ0v) is 8.69. The molecule has 0 aliphatic heterocycles. The second-order valence-electron chi connectivity index (χ2n) is 3.45. The van der Waals surface area contributed by atoms with E-state index in [0.717, 1.165) is 12.8 Å². The summed E-state index contributed by atoms with van der Waals surface area (Å²) in [5, 5.41) is 0. The SMILES string of the molecule is Cc1cc2c(cc1Br)C(N)CC2. The molecule has 0 saturated carbocycles. The highest BCUT2D eigenvalue weighted by atomic mass is 79.9. The standard InChI is InChI=1S/C10H12BrN/c1-6-4-7-2-3-10(12)8(7)5-9(6)11/h4-5,10H,2-3,12H2,1H3. The average Bonchev–Trinajstić information content (AvgIpc) is 2.35. The molecule has 1 nitrogen and oxygen atoms in total. The van der Waals surface area contributed by atoms with Crippen LogP contribution in [0.15, 0.2) is 16.6 Å². The van der Waals surface area contributed by atoms with Gasteiger partial charge in [-0.15, -0.1) is 0 Å². The van der Waals surface area contributed by atoms with E-state index in [-0.39, 0.29) is 6.04 Å². The summed E-state index contributed by atoms with van der Waals surface area (Å²) in [4.78, 5) is 0. The molecule has 2 N–H and O–H groups in total. The molecule has 0 bridgehead atoms. The van der Waals surface area contributed by atoms with Gasteiger partial charge in [0.25, 0.3) is 0 Å². The third-order valence-electron chi connectivity index (χ3n) is 2.54. The highest BCUT2D eigenvalue weighted by molar-refractivity contribution is 9.10. The summed E-state index contributed by atoms with van der Waals surface area (Å²) < 4.78 is 1.18. The Balaban J connectivity index is 2.56. The molecule has 1 aliphatic carbocycles. The van der Waals surface area contributed by atoms with Crippen LogP contribution in [0.4, 0.5) is 0 Å². The molecule has 0 heterocycles. The van der Waals surface area contributed by atoms with Gasteiger partial charge in [-0.05, 0) is 42.5 Å². The van der Waals surface area contributed by atoms with Gasteiger partial charge in [-0.2, -0.15) is 0 Å². The maximum Gasteiger partial charge on any atom is 0.0301 e. The van der Waals surface area contributed by atoms with Gasteiger partial charge in [-0.3, -0.25) is 0 Å². The van der Waals surface area contributed by atoms with Crippen molar-refractivity contribution < 1.29 is 0 Å². The number of aryl methyl sites for hydroxylation is 2. The number of hydrogen-bond acceptors (Lipinski definition) is 1. The Morgan fingerprint density at radius 1 is 1.50 bits per heavy atom. The Hall–Kier alpha value is -0.340. The molecule has 2 rings (SSSR count). The lowest BCUT2D eigenvalue weighted by atomic mass is 10.1. The molecule has 1 aromatic rings. The first-order chi connectivity index (χ1) is 5.68. The highest BCUT2D eigenvalue weighted by Gasteiger charge is 2.19. The highest BCUT2D eigenvalue weighted by Crippen LogP contribution is 2.33. The molecule has 1 unspecified atom stereocenters. The minimum atomic E-state index is 0.261. The number of fused-ring (bicyclic) bond motifs is 1. The Morgan fingerprint density at radius 2 is 2.25 bits per heavy atom. The van der Waals surface area contributed by atoms with Crippen LogP contribution in [0.3, 0.4) is 0 Å². The Bertz CT molecular complexity index is 320. The molecule has 0 aromatic heterocycles. The molecule has 1 aromatic carbocycles. The van der Waals surface area contributed by atoms with Crippen molar-refractivity contribution in [1.82, 2.24) is 0 Å². The number of rotatable bonds is 0. The number of halogens is 1. The second kappa shape index (κ2) is 2.86. The van der Waals surface area contributed by atoms with Crippen LogP contribution in [0, 0.1) is 6.92 Å². The third kappa shape index (κ3) is 1.19. The van der Waals surface area contributed by atoms with Crippen molar-refractivity contribution in [3.8, 4) is 0 Å². The van der Waals surface area contributed by atoms with E-state index in [0.29, 0.717) is 0 Å². The van der Waals surface area contributed by atoms with E-state index < -0.39 is 0 Å². The Morgan fingerprint density at radius 3 is 3.00 bits per heavy atom. The zero-order valence-electron chi connectivity index (χ0n) is 7.10. The summed E-state index contributed by atoms with van der Waals surface area (Å²) in [6.07, 6.45) is 2.25. The first-order valence-corrected chi connectivity index (χ1v) is 5.02. The van der Waals surface area contributed by atoms with Crippen molar-refractivity contribution in [3.63, 3.8) is 0 Å². The number of nitrogens with two attached hydrogens (primary N) is 1. The van der Waals surface area contributed by atoms with Gasteiger partial charge >= 0.3 is 0 Å². The van der Waals surface area contributed by atoms with Gasteiger partial charge < -0.3 is 5.73 Å². The smallest absolute Gasteiger partial charge is 0.0301 e. The molecule has 0 amide bonds. The first kappa shape index (κ1) is 8.27. The van der Waals surface area contributed by atoms with E-state index >= 15 is 0 Å². The Kier molecular flexibility index (Phi) is 1.97. The lowest BCUT2D eigenvalue weighted by Crippen LogP contribution is -2.05. The van der Waals surface area contributed by atoms with Gasteiger partial charge in [0.2, 0.25) is 0 Å². The van der Waals surface area contributed by atoms with Crippen molar-refractivity contribution in [3.05, 3.63) is 33.3 Å². The van der Waals surface area contributed by atoms with Crippen LogP contribution in [0.1, 0.15) is 29.2 Å². The van der Waals surface area contributed by atoms with E-state index in [1.807, 2.05) is 0 Å². The van der Waals surface area contributed by atoms with Crippen LogP contribution in [0.5, 0.6) is 0 Å². The maximum atomic E-state index is 5.94. The summed E-state index contributed by atoms with van der Waals surface area (Å²) in [5.41, 5.74) is 10.0. The summed E-state index contributed by atoms with van der Waals surface area (Å²) in [5.74, 6) is 0. The van der Waals surface area contributed by atoms with Crippen LogP contribution in [0.25, 0.3) is 0 Å². The summed E-state index contributed by atoms with van der Waals surface area (Å²) >= 11 is 3.52. The topological polar surface area (TPSA) is 26.0 Å². The average molecular weight is 226 g/mol. The molecule has 2 heteroatoms. The van der Waals surface area contributed by atoms with Crippen LogP contribution < -0.4 is 5.73 Å². The van der Waals surface area contributed by atoms with Gasteiger partial charge in [0, 0.05) is 10.5 Å². The van der Waals surface area contributed by atoms with Crippen LogP contribution in [-0.2, 0) is 6.42 Å². The quantitative estimate of drug-likeness (QED) is 0.723. The van der Waals surface area contributed by atoms with Gasteiger partial charge in [-0.25, -0.2) is 0 Å². The second-order valence-corrected chi connectivity index (χ2v) is 4.30. The third-order valence-corrected chi connectivity index (χ3v) is 3.40. The predicted octanol–water partition coefficient (Wildman–Crippen LogP) is 2.70. The zero-order chi connectivity index (χ0) is 8.72. The lowest BCUT2D eigenvalue weighted by molar-refractivity contribution is 0.713. The molecule has 0 fully saturated rings. The molecule has 1 aliphatic rings. The van der Waals surface area contributed by atoms with Crippen LogP contribution >= 0.6 is 15.9 Å². The lowest BCUT2D eigenvalue weighted by Gasteiger charge is -2.06. The number of benzene rings is 1. The predicted molar refractivity (Wildman–Crippen MR) is 54.1 cm³/mol. The largest absolute Gasteiger partial charge is 0.324 e. The molecule has 0 saturated heterocycles. The molecule has 0 radical (unpaired) electrons. The molecule has 1 atom stereocenters. The van der Waals surface area contributed by atoms with Crippen molar-refractivity contribution >= 4 is 15.9 Å². The normalized spacial score (nSPS) is 21.1. The summed E-state index contributed by atoms with van der Waals surface area (Å²) in [6.45, 7) is 2.12. The maximum absolute atomic E-state index is 5.94. The first-order valence-electron chi connectivity index (χ1n) is 4.23. The van der Waals surface area contributed by atoms with E-state index in [1.54, 1.807) is 0 Å². The van der Waals surface area contributed by atoms with Crippen molar-refractivity contribution in [2.24, 2.45) is 5.73 Å². The van der Waals surface area contributed by atoms with Crippen molar-refractivity contribution in [2.45, 2.75) is 25.8 Å². The minimum absolute atomic E-state index is 0.261. The fourth-order valence-electron chi connectivity index (χ4n) is 1.78. The number of hydrogen-bond donors (Lipinski definition) is 1. The van der Waals surface area contributed by atoms with Gasteiger partial charge in [0.1, 0.15) is 0 Å². The van der Waals surface area contributed by atoms with E-state index in [4.69, 9.17) is 5.73 Å². The van der Waals surface area contributed by atoms with Crippen molar-refractivity contribution in [2.75, 3.05) is 0 Å². The monoisotopic (exact) mass is 225 g/mol. The Labute approximate surface area is 81.1 Å². The van der Waals surface area contributed by atoms with Gasteiger partial charge in [0.05, 0.1) is 0 Å². The minimum Gasteiger partial charge on any atom is -0.324 e. The molecule has 12 heavy (non-hydrogen) atoms. The molecule has 0 spiro atoms. The fourth-order valence-corrected chi connectivity index (χ4v) is 2.15. The van der Waals surface area contributed by atoms with Gasteiger partial charge in [-0.1, -0.05) is 22.0 Å².